The Morgan fingerprint density at radius 2 is 2.05 bits per heavy atom. The number of unbranched alkanes of at least 4 members (excludes halogenated alkanes) is 1. The lowest BCUT2D eigenvalue weighted by atomic mass is 10.2. The van der Waals surface area contributed by atoms with Crippen molar-refractivity contribution < 1.29 is 4.79 Å². The lowest BCUT2D eigenvalue weighted by Crippen LogP contribution is -2.33. The standard InChI is InChI=1S/C13H16ClN5O/c1-18(10-6-5-9-14)13(20)19-16-12(15-17-19)11-7-3-2-4-8-11/h2-4,7-8H,5-6,9-10H2,1H3. The van der Waals surface area contributed by atoms with Crippen LogP contribution in [0.4, 0.5) is 4.79 Å². The van der Waals surface area contributed by atoms with Gasteiger partial charge in [-0.15, -0.1) is 21.8 Å². The molecular weight excluding hydrogens is 278 g/mol. The van der Waals surface area contributed by atoms with Gasteiger partial charge in [0.15, 0.2) is 0 Å². The highest BCUT2D eigenvalue weighted by Gasteiger charge is 2.15. The van der Waals surface area contributed by atoms with Crippen LogP contribution in [0.3, 0.4) is 0 Å². The Kier molecular flexibility index (Phi) is 5.06. The molecule has 1 aromatic carbocycles. The van der Waals surface area contributed by atoms with Gasteiger partial charge >= 0.3 is 6.03 Å². The summed E-state index contributed by atoms with van der Waals surface area (Å²) in [6.45, 7) is 0.619. The van der Waals surface area contributed by atoms with Gasteiger partial charge in [0.1, 0.15) is 0 Å². The molecule has 2 rings (SSSR count). The van der Waals surface area contributed by atoms with Crippen LogP contribution >= 0.6 is 11.6 Å². The van der Waals surface area contributed by atoms with Crippen LogP contribution in [0.15, 0.2) is 30.3 Å². The van der Waals surface area contributed by atoms with Crippen LogP contribution in [-0.4, -0.2) is 50.6 Å². The van der Waals surface area contributed by atoms with E-state index >= 15 is 0 Å². The summed E-state index contributed by atoms with van der Waals surface area (Å²) in [5.41, 5.74) is 0.830. The third-order valence-corrected chi connectivity index (χ3v) is 3.09. The van der Waals surface area contributed by atoms with Crippen LogP contribution in [0.5, 0.6) is 0 Å². The molecule has 0 N–H and O–H groups in total. The number of aromatic nitrogens is 4. The van der Waals surface area contributed by atoms with E-state index in [4.69, 9.17) is 11.6 Å². The molecule has 1 aromatic heterocycles. The van der Waals surface area contributed by atoms with E-state index in [1.807, 2.05) is 30.3 Å². The van der Waals surface area contributed by atoms with E-state index in [1.165, 1.54) is 0 Å². The number of benzene rings is 1. The molecule has 0 saturated heterocycles. The molecule has 0 unspecified atom stereocenters. The number of amides is 1. The van der Waals surface area contributed by atoms with Crippen LogP contribution < -0.4 is 0 Å². The maximum absolute atomic E-state index is 12.1. The summed E-state index contributed by atoms with van der Waals surface area (Å²) in [6.07, 6.45) is 1.73. The fourth-order valence-corrected chi connectivity index (χ4v) is 1.88. The largest absolute Gasteiger partial charge is 0.363 e. The summed E-state index contributed by atoms with van der Waals surface area (Å²) in [6, 6.07) is 9.12. The topological polar surface area (TPSA) is 63.9 Å². The molecule has 0 saturated carbocycles. The Morgan fingerprint density at radius 1 is 1.30 bits per heavy atom. The Balaban J connectivity index is 2.03. The van der Waals surface area contributed by atoms with E-state index in [1.54, 1.807) is 11.9 Å². The number of halogens is 1. The second-order valence-electron chi connectivity index (χ2n) is 4.37. The van der Waals surface area contributed by atoms with Gasteiger partial charge in [0.05, 0.1) is 0 Å². The van der Waals surface area contributed by atoms with E-state index in [0.29, 0.717) is 18.2 Å². The number of tetrazole rings is 1. The zero-order chi connectivity index (χ0) is 14.4. The Morgan fingerprint density at radius 3 is 2.75 bits per heavy atom. The summed E-state index contributed by atoms with van der Waals surface area (Å²) in [7, 11) is 1.71. The van der Waals surface area contributed by atoms with Crippen molar-refractivity contribution in [3.05, 3.63) is 30.3 Å². The molecule has 0 aliphatic carbocycles. The molecule has 0 aliphatic heterocycles. The van der Waals surface area contributed by atoms with E-state index in [-0.39, 0.29) is 6.03 Å². The maximum atomic E-state index is 12.1. The predicted molar refractivity (Wildman–Crippen MR) is 76.6 cm³/mol. The van der Waals surface area contributed by atoms with Gasteiger partial charge in [0.2, 0.25) is 5.82 Å². The number of carbonyl (C=O) groups is 1. The van der Waals surface area contributed by atoms with Crippen molar-refractivity contribution >= 4 is 17.6 Å². The molecule has 7 heteroatoms. The van der Waals surface area contributed by atoms with Crippen molar-refractivity contribution in [1.82, 2.24) is 25.1 Å². The van der Waals surface area contributed by atoms with Crippen LogP contribution in [0.1, 0.15) is 12.8 Å². The smallest absolute Gasteiger partial charge is 0.325 e. The highest BCUT2D eigenvalue weighted by atomic mass is 35.5. The molecule has 0 aliphatic rings. The van der Waals surface area contributed by atoms with Gasteiger partial charge in [-0.3, -0.25) is 0 Å². The fourth-order valence-electron chi connectivity index (χ4n) is 1.69. The third-order valence-electron chi connectivity index (χ3n) is 2.82. The molecular formula is C13H16ClN5O. The third kappa shape index (κ3) is 3.54. The summed E-state index contributed by atoms with van der Waals surface area (Å²) < 4.78 is 0. The van der Waals surface area contributed by atoms with E-state index in [9.17, 15) is 4.79 Å². The molecule has 0 bridgehead atoms. The van der Waals surface area contributed by atoms with Crippen molar-refractivity contribution in [2.75, 3.05) is 19.5 Å². The average Bonchev–Trinajstić information content (AvgIpc) is 2.97. The molecule has 6 nitrogen and oxygen atoms in total. The lowest BCUT2D eigenvalue weighted by Gasteiger charge is -2.14. The highest BCUT2D eigenvalue weighted by molar-refractivity contribution is 6.17. The molecule has 1 amide bonds. The number of carbonyl (C=O) groups excluding carboxylic acids is 1. The van der Waals surface area contributed by atoms with Gasteiger partial charge in [0, 0.05) is 25.0 Å². The monoisotopic (exact) mass is 293 g/mol. The molecule has 0 spiro atoms. The molecule has 1 heterocycles. The number of hydrogen-bond donors (Lipinski definition) is 0. The molecule has 0 fully saturated rings. The summed E-state index contributed by atoms with van der Waals surface area (Å²) >= 11 is 5.61. The minimum atomic E-state index is -0.297. The van der Waals surface area contributed by atoms with Crippen LogP contribution in [0.25, 0.3) is 11.4 Å². The molecule has 0 atom stereocenters. The van der Waals surface area contributed by atoms with Crippen molar-refractivity contribution in [2.24, 2.45) is 0 Å². The van der Waals surface area contributed by atoms with Crippen molar-refractivity contribution in [3.8, 4) is 11.4 Å². The zero-order valence-electron chi connectivity index (χ0n) is 11.2. The predicted octanol–water partition coefficient (Wildman–Crippen LogP) is 2.26. The first-order valence-corrected chi connectivity index (χ1v) is 6.92. The number of alkyl halides is 1. The highest BCUT2D eigenvalue weighted by Crippen LogP contribution is 2.11. The Hall–Kier alpha value is -1.95. The second kappa shape index (κ2) is 7.00. The number of nitrogens with zero attached hydrogens (tertiary/aromatic N) is 5. The number of hydrogen-bond acceptors (Lipinski definition) is 4. The SMILES string of the molecule is CN(CCCCCl)C(=O)n1nnc(-c2ccccc2)n1. The van der Waals surface area contributed by atoms with Crippen molar-refractivity contribution in [2.45, 2.75) is 12.8 Å². The van der Waals surface area contributed by atoms with Crippen LogP contribution in [0, 0.1) is 0 Å². The molecule has 0 radical (unpaired) electrons. The summed E-state index contributed by atoms with van der Waals surface area (Å²) in [4.78, 5) is 14.6. The minimum absolute atomic E-state index is 0.297. The first-order valence-electron chi connectivity index (χ1n) is 6.39. The number of rotatable bonds is 5. The minimum Gasteiger partial charge on any atom is -0.325 e. The van der Waals surface area contributed by atoms with Gasteiger partial charge in [-0.25, -0.2) is 4.79 Å². The van der Waals surface area contributed by atoms with Gasteiger partial charge < -0.3 is 4.90 Å². The summed E-state index contributed by atoms with van der Waals surface area (Å²) in [5, 5.41) is 11.8. The van der Waals surface area contributed by atoms with Gasteiger partial charge in [0.25, 0.3) is 0 Å². The zero-order valence-corrected chi connectivity index (χ0v) is 12.0. The average molecular weight is 294 g/mol. The molecule has 106 valence electrons. The normalized spacial score (nSPS) is 10.5. The second-order valence-corrected chi connectivity index (χ2v) is 4.75. The fraction of sp³-hybridized carbons (Fsp3) is 0.385. The quantitative estimate of drug-likeness (QED) is 0.626. The van der Waals surface area contributed by atoms with Crippen LogP contribution in [0.2, 0.25) is 0 Å². The Bertz CT molecular complexity index is 557. The first kappa shape index (κ1) is 14.5. The lowest BCUT2D eigenvalue weighted by molar-refractivity contribution is 0.202. The van der Waals surface area contributed by atoms with Crippen LogP contribution in [-0.2, 0) is 0 Å². The van der Waals surface area contributed by atoms with Gasteiger partial charge in [-0.1, -0.05) is 35.1 Å². The van der Waals surface area contributed by atoms with E-state index < -0.39 is 0 Å². The van der Waals surface area contributed by atoms with Gasteiger partial charge in [-0.05, 0) is 18.1 Å². The molecule has 2 aromatic rings. The van der Waals surface area contributed by atoms with E-state index in [2.05, 4.69) is 15.4 Å². The summed E-state index contributed by atoms with van der Waals surface area (Å²) in [5.74, 6) is 1.04. The van der Waals surface area contributed by atoms with Crippen molar-refractivity contribution in [1.29, 1.82) is 0 Å². The first-order chi connectivity index (χ1) is 9.72. The molecule has 20 heavy (non-hydrogen) atoms. The maximum Gasteiger partial charge on any atom is 0.363 e. The van der Waals surface area contributed by atoms with Crippen molar-refractivity contribution in [3.63, 3.8) is 0 Å². The van der Waals surface area contributed by atoms with E-state index in [0.717, 1.165) is 23.2 Å². The van der Waals surface area contributed by atoms with Gasteiger partial charge in [-0.2, -0.15) is 0 Å². The Labute approximate surface area is 122 Å².